The summed E-state index contributed by atoms with van der Waals surface area (Å²) in [5.74, 6) is -0.993. The molecular weight excluding hydrogens is 290 g/mol. The molecule has 0 saturated heterocycles. The van der Waals surface area contributed by atoms with Crippen LogP contribution in [0.4, 0.5) is 5.69 Å². The Morgan fingerprint density at radius 1 is 1.04 bits per heavy atom. The summed E-state index contributed by atoms with van der Waals surface area (Å²) in [4.78, 5) is 40.6. The van der Waals surface area contributed by atoms with E-state index in [4.69, 9.17) is 0 Å². The number of hydrogen-bond donors (Lipinski definition) is 0. The summed E-state index contributed by atoms with van der Waals surface area (Å²) in [5, 5.41) is 0. The van der Waals surface area contributed by atoms with Crippen molar-refractivity contribution in [3.05, 3.63) is 29.8 Å². The third-order valence-corrected chi connectivity index (χ3v) is 7.04. The van der Waals surface area contributed by atoms with Crippen molar-refractivity contribution in [1.82, 2.24) is 0 Å². The normalized spacial score (nSPS) is 34.1. The van der Waals surface area contributed by atoms with Gasteiger partial charge in [0.1, 0.15) is 5.41 Å². The third kappa shape index (κ3) is 1.37. The van der Waals surface area contributed by atoms with Crippen molar-refractivity contribution in [3.63, 3.8) is 0 Å². The van der Waals surface area contributed by atoms with Crippen molar-refractivity contribution in [2.75, 3.05) is 11.4 Å². The van der Waals surface area contributed by atoms with E-state index in [9.17, 15) is 14.4 Å². The fourth-order valence-corrected chi connectivity index (χ4v) is 5.02. The summed E-state index contributed by atoms with van der Waals surface area (Å²) in [7, 11) is 0. The number of fused-ring (bicyclic) bond motifs is 3. The summed E-state index contributed by atoms with van der Waals surface area (Å²) < 4.78 is 0. The Bertz CT molecular complexity index is 766. The Hall–Kier alpha value is -1.97. The molecule has 0 spiro atoms. The summed E-state index contributed by atoms with van der Waals surface area (Å²) in [5.41, 5.74) is -0.506. The van der Waals surface area contributed by atoms with Crippen molar-refractivity contribution in [2.24, 2.45) is 16.2 Å². The zero-order valence-corrected chi connectivity index (χ0v) is 13.8. The zero-order chi connectivity index (χ0) is 16.6. The number of amides is 1. The predicted octanol–water partition coefficient (Wildman–Crippen LogP) is 2.54. The van der Waals surface area contributed by atoms with Gasteiger partial charge in [0.05, 0.1) is 0 Å². The standard InChI is InChI=1S/C19H21NO3/c1-17(2)18(3)9-10-19(17,15(22)14(18)21)16(23)20-11-8-12-6-4-5-7-13(12)20/h4-7H,8-11H2,1-3H3. The zero-order valence-electron chi connectivity index (χ0n) is 13.8. The van der Waals surface area contributed by atoms with Gasteiger partial charge < -0.3 is 4.90 Å². The molecule has 4 rings (SSSR count). The van der Waals surface area contributed by atoms with E-state index in [0.717, 1.165) is 17.7 Å². The molecule has 1 aromatic carbocycles. The van der Waals surface area contributed by atoms with Crippen molar-refractivity contribution >= 4 is 23.2 Å². The van der Waals surface area contributed by atoms with E-state index < -0.39 is 22.0 Å². The first-order valence-corrected chi connectivity index (χ1v) is 8.26. The fraction of sp³-hybridized carbons (Fsp3) is 0.526. The Kier molecular flexibility index (Phi) is 2.61. The first kappa shape index (κ1) is 14.6. The number of carbonyl (C=O) groups is 3. The molecule has 0 radical (unpaired) electrons. The van der Waals surface area contributed by atoms with Gasteiger partial charge in [0.25, 0.3) is 0 Å². The van der Waals surface area contributed by atoms with Crippen LogP contribution in [0, 0.1) is 16.2 Å². The molecule has 1 amide bonds. The Morgan fingerprint density at radius 2 is 1.74 bits per heavy atom. The van der Waals surface area contributed by atoms with E-state index >= 15 is 0 Å². The van der Waals surface area contributed by atoms with Gasteiger partial charge in [0, 0.05) is 17.6 Å². The second-order valence-corrected chi connectivity index (χ2v) is 7.86. The van der Waals surface area contributed by atoms with Crippen molar-refractivity contribution in [2.45, 2.75) is 40.0 Å². The van der Waals surface area contributed by atoms with E-state index in [1.54, 1.807) is 4.90 Å². The number of para-hydroxylation sites is 1. The molecule has 23 heavy (non-hydrogen) atoms. The molecule has 120 valence electrons. The number of hydrogen-bond acceptors (Lipinski definition) is 3. The van der Waals surface area contributed by atoms with Gasteiger partial charge in [0.15, 0.2) is 0 Å². The fourth-order valence-electron chi connectivity index (χ4n) is 5.02. The number of benzene rings is 1. The topological polar surface area (TPSA) is 54.5 Å². The van der Waals surface area contributed by atoms with Gasteiger partial charge in [-0.2, -0.15) is 0 Å². The second kappa shape index (κ2) is 4.11. The lowest BCUT2D eigenvalue weighted by atomic mass is 9.64. The third-order valence-electron chi connectivity index (χ3n) is 7.04. The monoisotopic (exact) mass is 311 g/mol. The van der Waals surface area contributed by atoms with Crippen molar-refractivity contribution in [1.29, 1.82) is 0 Å². The van der Waals surface area contributed by atoms with Crippen LogP contribution in [0.1, 0.15) is 39.2 Å². The van der Waals surface area contributed by atoms with Gasteiger partial charge in [-0.25, -0.2) is 0 Å². The highest BCUT2D eigenvalue weighted by Crippen LogP contribution is 2.69. The molecule has 2 bridgehead atoms. The minimum absolute atomic E-state index is 0.174. The molecule has 2 atom stereocenters. The largest absolute Gasteiger partial charge is 0.311 e. The molecule has 0 aromatic heterocycles. The highest BCUT2D eigenvalue weighted by Gasteiger charge is 2.78. The molecule has 1 aliphatic heterocycles. The minimum Gasteiger partial charge on any atom is -0.311 e. The number of ketones is 2. The number of carbonyl (C=O) groups excluding carboxylic acids is 3. The molecule has 2 aliphatic carbocycles. The van der Waals surface area contributed by atoms with E-state index in [2.05, 4.69) is 0 Å². The maximum absolute atomic E-state index is 13.5. The van der Waals surface area contributed by atoms with Crippen LogP contribution < -0.4 is 4.90 Å². The van der Waals surface area contributed by atoms with E-state index in [0.29, 0.717) is 19.4 Å². The van der Waals surface area contributed by atoms with Crippen LogP contribution in [-0.2, 0) is 20.8 Å². The molecule has 4 heteroatoms. The van der Waals surface area contributed by atoms with Crippen molar-refractivity contribution < 1.29 is 14.4 Å². The van der Waals surface area contributed by atoms with Gasteiger partial charge in [0.2, 0.25) is 17.5 Å². The van der Waals surface area contributed by atoms with Crippen LogP contribution >= 0.6 is 0 Å². The van der Waals surface area contributed by atoms with Crippen LogP contribution in [0.5, 0.6) is 0 Å². The predicted molar refractivity (Wildman–Crippen MR) is 86.1 cm³/mol. The molecule has 2 fully saturated rings. The first-order valence-electron chi connectivity index (χ1n) is 8.26. The van der Waals surface area contributed by atoms with Gasteiger partial charge in [-0.05, 0) is 36.3 Å². The maximum atomic E-state index is 13.5. The highest BCUT2D eigenvalue weighted by atomic mass is 16.2. The van der Waals surface area contributed by atoms with Crippen LogP contribution in [0.25, 0.3) is 0 Å². The first-order chi connectivity index (χ1) is 10.8. The molecule has 2 unspecified atom stereocenters. The van der Waals surface area contributed by atoms with Crippen LogP contribution in [0.2, 0.25) is 0 Å². The lowest BCUT2D eigenvalue weighted by molar-refractivity contribution is -0.148. The molecule has 4 nitrogen and oxygen atoms in total. The summed E-state index contributed by atoms with van der Waals surface area (Å²) in [6.07, 6.45) is 1.90. The average molecular weight is 311 g/mol. The number of anilines is 1. The Labute approximate surface area is 135 Å². The molecular formula is C19H21NO3. The van der Waals surface area contributed by atoms with Crippen LogP contribution in [0.3, 0.4) is 0 Å². The van der Waals surface area contributed by atoms with E-state index in [-0.39, 0.29) is 11.7 Å². The molecule has 0 N–H and O–H groups in total. The van der Waals surface area contributed by atoms with Crippen molar-refractivity contribution in [3.8, 4) is 0 Å². The van der Waals surface area contributed by atoms with E-state index in [1.807, 2.05) is 45.0 Å². The van der Waals surface area contributed by atoms with Crippen LogP contribution in [0.15, 0.2) is 24.3 Å². The SMILES string of the molecule is CC12CCC(C(=O)N3CCc4ccccc43)(C(=O)C1=O)C2(C)C. The highest BCUT2D eigenvalue weighted by molar-refractivity contribution is 6.49. The average Bonchev–Trinajstić information content (AvgIpc) is 3.07. The summed E-state index contributed by atoms with van der Waals surface area (Å²) in [6.45, 7) is 6.28. The lowest BCUT2D eigenvalue weighted by Gasteiger charge is -2.39. The molecule has 2 saturated carbocycles. The molecule has 3 aliphatic rings. The quantitative estimate of drug-likeness (QED) is 0.591. The van der Waals surface area contributed by atoms with Gasteiger partial charge in [-0.15, -0.1) is 0 Å². The smallest absolute Gasteiger partial charge is 0.241 e. The second-order valence-electron chi connectivity index (χ2n) is 7.86. The van der Waals surface area contributed by atoms with Gasteiger partial charge >= 0.3 is 0 Å². The summed E-state index contributed by atoms with van der Waals surface area (Å²) in [6, 6.07) is 7.82. The van der Waals surface area contributed by atoms with Gasteiger partial charge in [-0.3, -0.25) is 14.4 Å². The summed E-state index contributed by atoms with van der Waals surface area (Å²) >= 11 is 0. The van der Waals surface area contributed by atoms with Gasteiger partial charge in [-0.1, -0.05) is 39.0 Å². The minimum atomic E-state index is -1.18. The van der Waals surface area contributed by atoms with Crippen LogP contribution in [-0.4, -0.2) is 24.0 Å². The van der Waals surface area contributed by atoms with E-state index in [1.165, 1.54) is 0 Å². The lowest BCUT2D eigenvalue weighted by Crippen LogP contribution is -2.52. The number of rotatable bonds is 1. The molecule has 1 heterocycles. The number of Topliss-reactive ketones (excluding diaryl/α,β-unsaturated/α-hetero) is 2. The Balaban J connectivity index is 1.83. The number of nitrogens with zero attached hydrogens (tertiary/aromatic N) is 1. The molecule has 1 aromatic rings. The Morgan fingerprint density at radius 3 is 2.39 bits per heavy atom. The maximum Gasteiger partial charge on any atom is 0.241 e.